The average Bonchev–Trinajstić information content (AvgIpc) is 3.47. The Bertz CT molecular complexity index is 923. The minimum atomic E-state index is -0.756. The van der Waals surface area contributed by atoms with Gasteiger partial charge in [-0.15, -0.1) is 16.4 Å². The van der Waals surface area contributed by atoms with Gasteiger partial charge in [-0.2, -0.15) is 0 Å². The molecule has 1 aliphatic carbocycles. The number of thiophene rings is 1. The topological polar surface area (TPSA) is 75.2 Å². The highest BCUT2D eigenvalue weighted by Gasteiger charge is 2.36. The monoisotopic (exact) mass is 426 g/mol. The van der Waals surface area contributed by atoms with Crippen LogP contribution in [0.3, 0.4) is 0 Å². The maximum Gasteiger partial charge on any atom is 0.280 e. The van der Waals surface area contributed by atoms with Crippen molar-refractivity contribution in [1.82, 2.24) is 14.9 Å². The number of rotatable bonds is 6. The fraction of sp³-hybridized carbons (Fsp3) is 0.333. The van der Waals surface area contributed by atoms with Gasteiger partial charge in [0.2, 0.25) is 5.91 Å². The second-order valence-corrected chi connectivity index (χ2v) is 8.65. The van der Waals surface area contributed by atoms with Crippen LogP contribution in [0.5, 0.6) is 0 Å². The lowest BCUT2D eigenvalue weighted by Gasteiger charge is -2.32. The Morgan fingerprint density at radius 2 is 1.86 bits per heavy atom. The molecule has 1 aromatic carbocycles. The van der Waals surface area contributed by atoms with E-state index in [-0.39, 0.29) is 23.6 Å². The van der Waals surface area contributed by atoms with Crippen LogP contribution < -0.4 is 10.2 Å². The number of hydrogen-bond donors (Lipinski definition) is 1. The average molecular weight is 427 g/mol. The minimum absolute atomic E-state index is 0.153. The molecule has 2 heterocycles. The number of nitrogens with zero attached hydrogens (tertiary/aromatic N) is 3. The van der Waals surface area contributed by atoms with Crippen LogP contribution in [0.4, 0.5) is 5.69 Å². The Morgan fingerprint density at radius 3 is 2.52 bits per heavy atom. The van der Waals surface area contributed by atoms with Crippen LogP contribution >= 0.6 is 22.9 Å². The van der Waals surface area contributed by atoms with E-state index in [1.54, 1.807) is 10.3 Å². The number of aromatic nitrogens is 2. The first-order valence-electron chi connectivity index (χ1n) is 9.73. The van der Waals surface area contributed by atoms with Gasteiger partial charge in [0.05, 0.1) is 0 Å². The summed E-state index contributed by atoms with van der Waals surface area (Å²) in [6, 6.07) is 12.5. The van der Waals surface area contributed by atoms with Crippen LogP contribution in [0, 0.1) is 0 Å². The lowest BCUT2D eigenvalue weighted by molar-refractivity contribution is -0.123. The van der Waals surface area contributed by atoms with E-state index in [2.05, 4.69) is 14.9 Å². The smallest absolute Gasteiger partial charge is 0.280 e. The van der Waals surface area contributed by atoms with Gasteiger partial charge in [-0.25, -0.2) is 0 Å². The minimum Gasteiger partial charge on any atom is -0.351 e. The van der Waals surface area contributed by atoms with Crippen LogP contribution in [0.2, 0.25) is 0 Å². The number of carbonyl (C=O) groups is 2. The Labute approximate surface area is 177 Å². The quantitative estimate of drug-likeness (QED) is 0.632. The number of anilines is 1. The highest BCUT2D eigenvalue weighted by atomic mass is 32.1. The lowest BCUT2D eigenvalue weighted by Crippen LogP contribution is -2.47. The maximum absolute atomic E-state index is 13.5. The van der Waals surface area contributed by atoms with E-state index in [4.69, 9.17) is 0 Å². The highest BCUT2D eigenvalue weighted by molar-refractivity contribution is 7.10. The molecule has 1 atom stereocenters. The van der Waals surface area contributed by atoms with E-state index in [1.165, 1.54) is 17.8 Å². The third-order valence-electron chi connectivity index (χ3n) is 5.10. The van der Waals surface area contributed by atoms with Crippen molar-refractivity contribution in [1.29, 1.82) is 0 Å². The van der Waals surface area contributed by atoms with Gasteiger partial charge in [0.15, 0.2) is 11.7 Å². The predicted molar refractivity (Wildman–Crippen MR) is 115 cm³/mol. The SMILES string of the molecule is O=C(NC1CCCCC1)[C@H](c1cccs1)N(C(=O)c1csnn1)c1ccccc1. The standard InChI is InChI=1S/C21H22N4O2S2/c26-20(22-15-8-3-1-4-9-15)19(18-12-7-13-28-18)25(16-10-5-2-6-11-16)21(27)17-14-29-24-23-17/h2,5-7,10-15,19H,1,3-4,8-9H2,(H,22,26)/t19-/m0/s1. The molecule has 0 bridgehead atoms. The first-order chi connectivity index (χ1) is 14.2. The zero-order chi connectivity index (χ0) is 20.1. The highest BCUT2D eigenvalue weighted by Crippen LogP contribution is 2.32. The summed E-state index contributed by atoms with van der Waals surface area (Å²) in [7, 11) is 0. The van der Waals surface area contributed by atoms with Gasteiger partial charge in [-0.3, -0.25) is 14.5 Å². The predicted octanol–water partition coefficient (Wildman–Crippen LogP) is 4.44. The van der Waals surface area contributed by atoms with Gasteiger partial charge in [0, 0.05) is 22.0 Å². The molecule has 150 valence electrons. The van der Waals surface area contributed by atoms with Gasteiger partial charge >= 0.3 is 0 Å². The summed E-state index contributed by atoms with van der Waals surface area (Å²) in [4.78, 5) is 29.2. The number of hydrogen-bond acceptors (Lipinski definition) is 6. The fourth-order valence-electron chi connectivity index (χ4n) is 3.70. The fourth-order valence-corrected chi connectivity index (χ4v) is 4.94. The van der Waals surface area contributed by atoms with Crippen LogP contribution in [-0.2, 0) is 4.79 Å². The summed E-state index contributed by atoms with van der Waals surface area (Å²) >= 11 is 2.59. The molecule has 0 spiro atoms. The number of para-hydroxylation sites is 1. The molecule has 1 saturated carbocycles. The van der Waals surface area contributed by atoms with Gasteiger partial charge in [-0.1, -0.05) is 48.0 Å². The normalized spacial score (nSPS) is 15.6. The van der Waals surface area contributed by atoms with Crippen molar-refractivity contribution >= 4 is 40.4 Å². The zero-order valence-electron chi connectivity index (χ0n) is 15.9. The molecule has 0 saturated heterocycles. The molecular formula is C21H22N4O2S2. The van der Waals surface area contributed by atoms with E-state index in [9.17, 15) is 9.59 Å². The van der Waals surface area contributed by atoms with E-state index in [1.807, 2.05) is 47.8 Å². The van der Waals surface area contributed by atoms with Gasteiger partial charge in [-0.05, 0) is 48.0 Å². The molecule has 4 rings (SSSR count). The molecule has 2 amide bonds. The number of carbonyl (C=O) groups excluding carboxylic acids is 2. The molecule has 0 aliphatic heterocycles. The van der Waals surface area contributed by atoms with Crippen molar-refractivity contribution in [3.63, 3.8) is 0 Å². The summed E-state index contributed by atoms with van der Waals surface area (Å²) in [5.74, 6) is -0.484. The molecule has 0 unspecified atom stereocenters. The van der Waals surface area contributed by atoms with Gasteiger partial charge in [0.1, 0.15) is 0 Å². The van der Waals surface area contributed by atoms with Crippen LogP contribution in [-0.4, -0.2) is 27.4 Å². The Morgan fingerprint density at radius 1 is 1.07 bits per heavy atom. The largest absolute Gasteiger partial charge is 0.351 e. The van der Waals surface area contributed by atoms with Crippen molar-refractivity contribution in [3.05, 3.63) is 63.8 Å². The number of amides is 2. The Hall–Kier alpha value is -2.58. The van der Waals surface area contributed by atoms with Crippen LogP contribution in [0.25, 0.3) is 0 Å². The molecule has 0 radical (unpaired) electrons. The lowest BCUT2D eigenvalue weighted by atomic mass is 9.95. The first kappa shape index (κ1) is 19.7. The summed E-state index contributed by atoms with van der Waals surface area (Å²) in [6.45, 7) is 0. The van der Waals surface area contributed by atoms with Crippen molar-refractivity contribution in [2.24, 2.45) is 0 Å². The van der Waals surface area contributed by atoms with Crippen molar-refractivity contribution in [2.45, 2.75) is 44.2 Å². The third-order valence-corrected chi connectivity index (χ3v) is 6.53. The zero-order valence-corrected chi connectivity index (χ0v) is 17.5. The molecule has 1 fully saturated rings. The van der Waals surface area contributed by atoms with E-state index < -0.39 is 6.04 Å². The second-order valence-electron chi connectivity index (χ2n) is 7.06. The van der Waals surface area contributed by atoms with Crippen molar-refractivity contribution < 1.29 is 9.59 Å². The van der Waals surface area contributed by atoms with E-state index in [0.29, 0.717) is 5.69 Å². The second kappa shape index (κ2) is 9.28. The Balaban J connectivity index is 1.72. The molecule has 1 aliphatic rings. The van der Waals surface area contributed by atoms with Gasteiger partial charge < -0.3 is 5.32 Å². The first-order valence-corrected chi connectivity index (χ1v) is 11.4. The third kappa shape index (κ3) is 4.54. The summed E-state index contributed by atoms with van der Waals surface area (Å²) in [5, 5.41) is 10.7. The molecule has 8 heteroatoms. The summed E-state index contributed by atoms with van der Waals surface area (Å²) in [5.41, 5.74) is 0.897. The molecule has 29 heavy (non-hydrogen) atoms. The molecule has 3 aromatic rings. The summed E-state index contributed by atoms with van der Waals surface area (Å²) in [6.07, 6.45) is 5.43. The molecule has 2 aromatic heterocycles. The van der Waals surface area contributed by atoms with Gasteiger partial charge in [0.25, 0.3) is 5.91 Å². The van der Waals surface area contributed by atoms with Crippen molar-refractivity contribution in [3.8, 4) is 0 Å². The molecular weight excluding hydrogens is 404 g/mol. The Kier molecular flexibility index (Phi) is 6.31. The maximum atomic E-state index is 13.5. The van der Waals surface area contributed by atoms with Crippen LogP contribution in [0.1, 0.15) is 53.5 Å². The molecule has 1 N–H and O–H groups in total. The van der Waals surface area contributed by atoms with Crippen molar-refractivity contribution in [2.75, 3.05) is 4.90 Å². The van der Waals surface area contributed by atoms with E-state index >= 15 is 0 Å². The number of nitrogens with one attached hydrogen (secondary N) is 1. The number of benzene rings is 1. The van der Waals surface area contributed by atoms with E-state index in [0.717, 1.165) is 42.1 Å². The molecule has 6 nitrogen and oxygen atoms in total. The summed E-state index contributed by atoms with van der Waals surface area (Å²) < 4.78 is 3.83. The van der Waals surface area contributed by atoms with Crippen LogP contribution in [0.15, 0.2) is 53.2 Å².